The van der Waals surface area contributed by atoms with Gasteiger partial charge < -0.3 is 0 Å². The molecule has 0 N–H and O–H groups in total. The fourth-order valence-electron chi connectivity index (χ4n) is 0. The third-order valence-electron chi connectivity index (χ3n) is 0. The number of rotatable bonds is 0. The van der Waals surface area contributed by atoms with Crippen molar-refractivity contribution < 1.29 is 83.6 Å². The molecule has 0 aliphatic carbocycles. The summed E-state index contributed by atoms with van der Waals surface area (Å²) in [6.45, 7) is 0. The third-order valence-corrected chi connectivity index (χ3v) is 0. The fourth-order valence-corrected chi connectivity index (χ4v) is 0. The van der Waals surface area contributed by atoms with E-state index in [2.05, 4.69) is 0 Å². The first kappa shape index (κ1) is 61.8. The molecule has 0 aliphatic heterocycles. The molecule has 0 rings (SSSR count). The molecule has 6 heavy (non-hydrogen) atoms. The predicted molar refractivity (Wildman–Crippen MR) is 5.75 cm³/mol. The summed E-state index contributed by atoms with van der Waals surface area (Å²) in [6, 6.07) is 0. The topological polar surface area (TPSA) is 0 Å². The molecular weight excluding hydrogens is 297 g/mol. The Bertz CT molecular complexity index is 11.5. The van der Waals surface area contributed by atoms with Crippen molar-refractivity contribution in [1.82, 2.24) is 0 Å². The van der Waals surface area contributed by atoms with E-state index in [9.17, 15) is 0 Å². The Kier molecular flexibility index (Phi) is 436. The standard InChI is InChI=1S/2Co.Li.Mn.2Ni. The molecule has 0 atom stereocenters. The van der Waals surface area contributed by atoms with Gasteiger partial charge in [-0.2, -0.15) is 0 Å². The molecule has 0 heterocycles. The van der Waals surface area contributed by atoms with Crippen LogP contribution in [0.5, 0.6) is 0 Å². The molecule has 6 heteroatoms. The minimum absolute atomic E-state index is 0. The van der Waals surface area contributed by atoms with Gasteiger partial charge >= 0.3 is 0 Å². The van der Waals surface area contributed by atoms with Crippen LogP contribution in [0.25, 0.3) is 0 Å². The molecule has 0 aromatic rings. The molecule has 0 aromatic heterocycles. The number of hydrogen-bond acceptors (Lipinski definition) is 0. The van der Waals surface area contributed by atoms with E-state index in [1.807, 2.05) is 0 Å². The van der Waals surface area contributed by atoms with Crippen LogP contribution in [-0.2, 0) is 83.6 Å². The van der Waals surface area contributed by atoms with E-state index in [4.69, 9.17) is 0 Å². The van der Waals surface area contributed by atoms with Crippen LogP contribution < -0.4 is 0 Å². The maximum atomic E-state index is 0. The zero-order valence-electron chi connectivity index (χ0n) is 2.68. The monoisotopic (exact) mass is 296 g/mol. The van der Waals surface area contributed by atoms with E-state index >= 15 is 0 Å². The summed E-state index contributed by atoms with van der Waals surface area (Å²) in [7, 11) is 0. The second kappa shape index (κ2) is 42.3. The van der Waals surface area contributed by atoms with Gasteiger partial charge in [-0.15, -0.1) is 0 Å². The zero-order valence-corrected chi connectivity index (χ0v) is 7.91. The Morgan fingerprint density at radius 2 is 0.667 bits per heavy atom. The van der Waals surface area contributed by atoms with Crippen molar-refractivity contribution in [1.29, 1.82) is 0 Å². The molecule has 0 aliphatic rings. The van der Waals surface area contributed by atoms with Crippen molar-refractivity contribution >= 4 is 18.9 Å². The van der Waals surface area contributed by atoms with Gasteiger partial charge in [0.05, 0.1) is 0 Å². The molecule has 0 bridgehead atoms. The van der Waals surface area contributed by atoms with Crippen molar-refractivity contribution in [2.24, 2.45) is 0 Å². The molecule has 4 radical (unpaired) electrons. The van der Waals surface area contributed by atoms with Gasteiger partial charge in [-0.05, 0) is 0 Å². The second-order valence-electron chi connectivity index (χ2n) is 0. The van der Waals surface area contributed by atoms with Crippen LogP contribution >= 0.6 is 0 Å². The van der Waals surface area contributed by atoms with Crippen molar-refractivity contribution in [2.75, 3.05) is 0 Å². The van der Waals surface area contributed by atoms with Gasteiger partial charge in [-0.3, -0.25) is 0 Å². The van der Waals surface area contributed by atoms with Gasteiger partial charge in [-0.1, -0.05) is 0 Å². The predicted octanol–water partition coefficient (Wildman–Crippen LogP) is -0.393. The first-order chi connectivity index (χ1) is 0. The molecular formula is Co2LiMnNi2. The normalized spacial score (nSPS) is 0. The first-order valence-electron chi connectivity index (χ1n) is 0. The summed E-state index contributed by atoms with van der Waals surface area (Å²) >= 11 is 0. The summed E-state index contributed by atoms with van der Waals surface area (Å²) in [5.74, 6) is 0. The zero-order chi connectivity index (χ0) is 0. The van der Waals surface area contributed by atoms with Gasteiger partial charge in [-0.25, -0.2) is 0 Å². The summed E-state index contributed by atoms with van der Waals surface area (Å²) < 4.78 is 0. The van der Waals surface area contributed by atoms with Crippen LogP contribution in [0.15, 0.2) is 0 Å². The van der Waals surface area contributed by atoms with Crippen LogP contribution in [0.1, 0.15) is 0 Å². The second-order valence-corrected chi connectivity index (χ2v) is 0. The van der Waals surface area contributed by atoms with Crippen LogP contribution in [0, 0.1) is 0 Å². The van der Waals surface area contributed by atoms with Gasteiger partial charge in [0.1, 0.15) is 0 Å². The largest absolute Gasteiger partial charge is 0 e. The Morgan fingerprint density at radius 1 is 0.667 bits per heavy atom. The molecule has 0 saturated carbocycles. The molecule has 0 unspecified atom stereocenters. The smallest absolute Gasteiger partial charge is 0 e. The van der Waals surface area contributed by atoms with Crippen molar-refractivity contribution in [3.05, 3.63) is 0 Å². The summed E-state index contributed by atoms with van der Waals surface area (Å²) in [4.78, 5) is 0. The maximum Gasteiger partial charge on any atom is 0 e. The van der Waals surface area contributed by atoms with Gasteiger partial charge in [0.2, 0.25) is 0 Å². The molecule has 0 aromatic carbocycles. The van der Waals surface area contributed by atoms with Crippen molar-refractivity contribution in [3.63, 3.8) is 0 Å². The Morgan fingerprint density at radius 3 is 0.667 bits per heavy atom. The van der Waals surface area contributed by atoms with Gasteiger partial charge in [0.15, 0.2) is 0 Å². The van der Waals surface area contributed by atoms with Crippen molar-refractivity contribution in [3.8, 4) is 0 Å². The molecule has 0 spiro atoms. The Hall–Kier alpha value is 3.12. The van der Waals surface area contributed by atoms with Crippen LogP contribution in [0.2, 0.25) is 0 Å². The van der Waals surface area contributed by atoms with E-state index in [0.717, 1.165) is 0 Å². The van der Waals surface area contributed by atoms with E-state index in [1.165, 1.54) is 0 Å². The minimum Gasteiger partial charge on any atom is 0 e. The minimum atomic E-state index is 0. The molecule has 0 fully saturated rings. The molecule has 46 valence electrons. The summed E-state index contributed by atoms with van der Waals surface area (Å²) in [6.07, 6.45) is 0. The van der Waals surface area contributed by atoms with E-state index in [1.54, 1.807) is 0 Å². The molecule has 0 amide bonds. The molecule has 0 saturated heterocycles. The SMILES string of the molecule is [Co].[Co].[Li].[Mn].[Ni].[Ni]. The third kappa shape index (κ3) is 27.4. The summed E-state index contributed by atoms with van der Waals surface area (Å²) in [5.41, 5.74) is 0. The average Bonchev–Trinajstić information content (AvgIpc) is 0. The van der Waals surface area contributed by atoms with Gasteiger partial charge in [0, 0.05) is 102 Å². The van der Waals surface area contributed by atoms with Crippen LogP contribution in [0.3, 0.4) is 0 Å². The quantitative estimate of drug-likeness (QED) is 0.534. The molecule has 0 nitrogen and oxygen atoms in total. The Labute approximate surface area is 101 Å². The summed E-state index contributed by atoms with van der Waals surface area (Å²) in [5, 5.41) is 0. The van der Waals surface area contributed by atoms with Crippen molar-refractivity contribution in [2.45, 2.75) is 0 Å². The van der Waals surface area contributed by atoms with E-state index in [0.29, 0.717) is 0 Å². The van der Waals surface area contributed by atoms with Gasteiger partial charge in [0.25, 0.3) is 0 Å². The maximum absolute atomic E-state index is 0. The van der Waals surface area contributed by atoms with Crippen LogP contribution in [-0.4, -0.2) is 18.9 Å². The number of hydrogen-bond donors (Lipinski definition) is 0. The van der Waals surface area contributed by atoms with E-state index in [-0.39, 0.29) is 102 Å². The van der Waals surface area contributed by atoms with Crippen LogP contribution in [0.4, 0.5) is 0 Å². The Balaban J connectivity index is 0. The fraction of sp³-hybridized carbons (Fsp3) is 0. The average molecular weight is 297 g/mol. The first-order valence-corrected chi connectivity index (χ1v) is 0. The van der Waals surface area contributed by atoms with E-state index < -0.39 is 0 Å².